The van der Waals surface area contributed by atoms with Crippen LogP contribution in [0, 0.1) is 0 Å². The van der Waals surface area contributed by atoms with E-state index in [4.69, 9.17) is 9.47 Å². The molecule has 1 aliphatic rings. The van der Waals surface area contributed by atoms with Crippen LogP contribution in [0.1, 0.15) is 37.6 Å². The van der Waals surface area contributed by atoms with Crippen LogP contribution in [-0.2, 0) is 24.3 Å². The monoisotopic (exact) mass is 489 g/mol. The van der Waals surface area contributed by atoms with Gasteiger partial charge in [0.15, 0.2) is 0 Å². The SMILES string of the molecule is CCCOC(=O)c1ccc(NCC(=O)Nc2ccc(S(=O)(=O)N3CC(C)OC(C)C3)cc2)cc1. The van der Waals surface area contributed by atoms with E-state index in [1.807, 2.05) is 20.8 Å². The Morgan fingerprint density at radius 3 is 2.18 bits per heavy atom. The average Bonchev–Trinajstić information content (AvgIpc) is 2.81. The number of esters is 1. The highest BCUT2D eigenvalue weighted by molar-refractivity contribution is 7.89. The first kappa shape index (κ1) is 25.7. The van der Waals surface area contributed by atoms with Crippen molar-refractivity contribution in [3.8, 4) is 0 Å². The molecule has 2 aromatic rings. The number of amides is 1. The highest BCUT2D eigenvalue weighted by Gasteiger charge is 2.32. The molecule has 0 aliphatic carbocycles. The number of rotatable bonds is 9. The van der Waals surface area contributed by atoms with Crippen molar-refractivity contribution in [1.29, 1.82) is 0 Å². The van der Waals surface area contributed by atoms with Crippen LogP contribution in [0.15, 0.2) is 53.4 Å². The zero-order valence-corrected chi connectivity index (χ0v) is 20.4. The van der Waals surface area contributed by atoms with E-state index >= 15 is 0 Å². The van der Waals surface area contributed by atoms with E-state index in [9.17, 15) is 18.0 Å². The van der Waals surface area contributed by atoms with Gasteiger partial charge in [-0.05, 0) is 68.8 Å². The van der Waals surface area contributed by atoms with Crippen molar-refractivity contribution in [3.05, 3.63) is 54.1 Å². The molecule has 1 fully saturated rings. The summed E-state index contributed by atoms with van der Waals surface area (Å²) in [6, 6.07) is 12.8. The minimum absolute atomic E-state index is 0.00321. The Morgan fingerprint density at radius 1 is 1.00 bits per heavy atom. The summed E-state index contributed by atoms with van der Waals surface area (Å²) in [5.41, 5.74) is 1.61. The number of carbonyl (C=O) groups excluding carboxylic acids is 2. The van der Waals surface area contributed by atoms with Gasteiger partial charge in [-0.1, -0.05) is 6.92 Å². The third-order valence-electron chi connectivity index (χ3n) is 5.17. The number of carbonyl (C=O) groups is 2. The standard InChI is InChI=1S/C24H31N3O6S/c1-4-13-32-24(29)19-5-7-20(8-6-19)25-14-23(28)26-21-9-11-22(12-10-21)34(30,31)27-15-17(2)33-18(3)16-27/h5-12,17-18,25H,4,13-16H2,1-3H3,(H,26,28). The molecule has 10 heteroatoms. The summed E-state index contributed by atoms with van der Waals surface area (Å²) >= 11 is 0. The number of benzene rings is 2. The Morgan fingerprint density at radius 2 is 1.59 bits per heavy atom. The topological polar surface area (TPSA) is 114 Å². The highest BCUT2D eigenvalue weighted by atomic mass is 32.2. The summed E-state index contributed by atoms with van der Waals surface area (Å²) in [5.74, 6) is -0.674. The first-order valence-electron chi connectivity index (χ1n) is 11.3. The van der Waals surface area contributed by atoms with Crippen molar-refractivity contribution < 1.29 is 27.5 Å². The second-order valence-corrected chi connectivity index (χ2v) is 10.2. The number of nitrogens with zero attached hydrogens (tertiary/aromatic N) is 1. The van der Waals surface area contributed by atoms with E-state index in [-0.39, 0.29) is 35.5 Å². The second-order valence-electron chi connectivity index (χ2n) is 8.22. The van der Waals surface area contributed by atoms with Gasteiger partial charge in [-0.2, -0.15) is 4.31 Å². The number of hydrogen-bond donors (Lipinski definition) is 2. The Balaban J connectivity index is 1.52. The molecule has 0 bridgehead atoms. The fraction of sp³-hybridized carbons (Fsp3) is 0.417. The normalized spacial score (nSPS) is 18.8. The summed E-state index contributed by atoms with van der Waals surface area (Å²) in [4.78, 5) is 24.3. The number of hydrogen-bond acceptors (Lipinski definition) is 7. The average molecular weight is 490 g/mol. The lowest BCUT2D eigenvalue weighted by molar-refractivity contribution is -0.114. The van der Waals surface area contributed by atoms with Crippen molar-refractivity contribution in [2.75, 3.05) is 36.9 Å². The van der Waals surface area contributed by atoms with E-state index < -0.39 is 10.0 Å². The molecule has 2 atom stereocenters. The lowest BCUT2D eigenvalue weighted by Crippen LogP contribution is -2.48. The van der Waals surface area contributed by atoms with Gasteiger partial charge >= 0.3 is 5.97 Å². The van der Waals surface area contributed by atoms with Crippen LogP contribution in [0.4, 0.5) is 11.4 Å². The first-order valence-corrected chi connectivity index (χ1v) is 12.7. The molecule has 0 radical (unpaired) electrons. The summed E-state index contributed by atoms with van der Waals surface area (Å²) in [5, 5.41) is 5.72. The lowest BCUT2D eigenvalue weighted by Gasteiger charge is -2.34. The summed E-state index contributed by atoms with van der Waals surface area (Å²) in [6.45, 7) is 6.60. The molecule has 0 aromatic heterocycles. The number of anilines is 2. The molecule has 1 amide bonds. The zero-order valence-electron chi connectivity index (χ0n) is 19.6. The van der Waals surface area contributed by atoms with Gasteiger partial charge in [0.1, 0.15) is 0 Å². The highest BCUT2D eigenvalue weighted by Crippen LogP contribution is 2.22. The Labute approximate surface area is 200 Å². The minimum Gasteiger partial charge on any atom is -0.462 e. The van der Waals surface area contributed by atoms with Crippen LogP contribution < -0.4 is 10.6 Å². The van der Waals surface area contributed by atoms with Crippen LogP contribution >= 0.6 is 0 Å². The molecule has 1 heterocycles. The van der Waals surface area contributed by atoms with E-state index in [1.165, 1.54) is 16.4 Å². The Hall–Kier alpha value is -2.95. The molecular formula is C24H31N3O6S. The molecule has 2 unspecified atom stereocenters. The zero-order chi connectivity index (χ0) is 24.7. The predicted octanol–water partition coefficient (Wildman–Crippen LogP) is 3.10. The molecule has 1 aliphatic heterocycles. The van der Waals surface area contributed by atoms with Crippen molar-refractivity contribution in [2.45, 2.75) is 44.3 Å². The van der Waals surface area contributed by atoms with Gasteiger partial charge in [-0.25, -0.2) is 13.2 Å². The number of sulfonamides is 1. The minimum atomic E-state index is -3.64. The van der Waals surface area contributed by atoms with Crippen LogP contribution in [0.3, 0.4) is 0 Å². The predicted molar refractivity (Wildman–Crippen MR) is 129 cm³/mol. The molecule has 34 heavy (non-hydrogen) atoms. The van der Waals surface area contributed by atoms with Gasteiger partial charge in [0, 0.05) is 24.5 Å². The van der Waals surface area contributed by atoms with Crippen LogP contribution in [-0.4, -0.2) is 63.0 Å². The second kappa shape index (κ2) is 11.5. The van der Waals surface area contributed by atoms with Gasteiger partial charge in [-0.15, -0.1) is 0 Å². The van der Waals surface area contributed by atoms with Gasteiger partial charge in [0.25, 0.3) is 0 Å². The summed E-state index contributed by atoms with van der Waals surface area (Å²) < 4.78 is 38.0. The number of ether oxygens (including phenoxy) is 2. The Kier molecular flexibility index (Phi) is 8.65. The molecule has 9 nitrogen and oxygen atoms in total. The van der Waals surface area contributed by atoms with E-state index in [2.05, 4.69) is 10.6 Å². The lowest BCUT2D eigenvalue weighted by atomic mass is 10.2. The fourth-order valence-electron chi connectivity index (χ4n) is 3.58. The first-order chi connectivity index (χ1) is 16.2. The quantitative estimate of drug-likeness (QED) is 0.520. The number of nitrogens with one attached hydrogen (secondary N) is 2. The smallest absolute Gasteiger partial charge is 0.338 e. The van der Waals surface area contributed by atoms with E-state index in [0.717, 1.165) is 6.42 Å². The van der Waals surface area contributed by atoms with E-state index in [0.29, 0.717) is 36.6 Å². The molecular weight excluding hydrogens is 458 g/mol. The van der Waals surface area contributed by atoms with Crippen molar-refractivity contribution in [2.24, 2.45) is 0 Å². The molecule has 1 saturated heterocycles. The molecule has 0 saturated carbocycles. The summed E-state index contributed by atoms with van der Waals surface area (Å²) in [7, 11) is -3.64. The molecule has 184 valence electrons. The number of morpholine rings is 1. The molecule has 2 N–H and O–H groups in total. The maximum absolute atomic E-state index is 12.9. The molecule has 0 spiro atoms. The largest absolute Gasteiger partial charge is 0.462 e. The van der Waals surface area contributed by atoms with Crippen LogP contribution in [0.5, 0.6) is 0 Å². The maximum atomic E-state index is 12.9. The fourth-order valence-corrected chi connectivity index (χ4v) is 5.17. The molecule has 3 rings (SSSR count). The van der Waals surface area contributed by atoms with Gasteiger partial charge in [0.05, 0.1) is 35.8 Å². The van der Waals surface area contributed by atoms with Crippen molar-refractivity contribution in [1.82, 2.24) is 4.31 Å². The van der Waals surface area contributed by atoms with Gasteiger partial charge in [0.2, 0.25) is 15.9 Å². The van der Waals surface area contributed by atoms with Crippen LogP contribution in [0.25, 0.3) is 0 Å². The van der Waals surface area contributed by atoms with Crippen molar-refractivity contribution in [3.63, 3.8) is 0 Å². The van der Waals surface area contributed by atoms with Crippen LogP contribution in [0.2, 0.25) is 0 Å². The Bertz CT molecular complexity index is 1080. The van der Waals surface area contributed by atoms with Crippen molar-refractivity contribution >= 4 is 33.3 Å². The third-order valence-corrected chi connectivity index (χ3v) is 7.02. The third kappa shape index (κ3) is 6.78. The molecule has 2 aromatic carbocycles. The maximum Gasteiger partial charge on any atom is 0.338 e. The summed E-state index contributed by atoms with van der Waals surface area (Å²) in [6.07, 6.45) is 0.414. The van der Waals surface area contributed by atoms with E-state index in [1.54, 1.807) is 36.4 Å². The van der Waals surface area contributed by atoms with Gasteiger partial charge < -0.3 is 20.1 Å². The van der Waals surface area contributed by atoms with Gasteiger partial charge in [-0.3, -0.25) is 4.79 Å².